The zero-order valence-corrected chi connectivity index (χ0v) is 7.24. The van der Waals surface area contributed by atoms with Crippen LogP contribution in [0.5, 0.6) is 0 Å². The minimum absolute atomic E-state index is 0.124. The van der Waals surface area contributed by atoms with Crippen LogP contribution in [0.1, 0.15) is 13.3 Å². The summed E-state index contributed by atoms with van der Waals surface area (Å²) in [4.78, 5) is 11.3. The van der Waals surface area contributed by atoms with Crippen LogP contribution in [0.3, 0.4) is 0 Å². The lowest BCUT2D eigenvalue weighted by molar-refractivity contribution is -0.167. The van der Waals surface area contributed by atoms with Crippen LogP contribution in [0.15, 0.2) is 12.2 Å². The van der Waals surface area contributed by atoms with Gasteiger partial charge in [0.15, 0.2) is 5.60 Å². The van der Waals surface area contributed by atoms with Gasteiger partial charge in [-0.05, 0) is 13.3 Å². The number of carbonyl (C=O) groups is 1. The Hall–Kier alpha value is -0.830. The summed E-state index contributed by atoms with van der Waals surface area (Å²) in [6.45, 7) is 1.80. The van der Waals surface area contributed by atoms with E-state index in [0.29, 0.717) is 0 Å². The van der Waals surface area contributed by atoms with Gasteiger partial charge in [0.25, 0.3) is 0 Å². The van der Waals surface area contributed by atoms with Gasteiger partial charge in [0.1, 0.15) is 0 Å². The van der Waals surface area contributed by atoms with Gasteiger partial charge in [-0.15, -0.1) is 0 Å². The van der Waals surface area contributed by atoms with Crippen LogP contribution in [0.2, 0.25) is 0 Å². The third-order valence-electron chi connectivity index (χ3n) is 2.74. The van der Waals surface area contributed by atoms with Crippen LogP contribution in [0.25, 0.3) is 0 Å². The highest BCUT2D eigenvalue weighted by Gasteiger charge is 2.52. The Balaban J connectivity index is 2.23. The van der Waals surface area contributed by atoms with Gasteiger partial charge in [-0.1, -0.05) is 12.2 Å². The first kappa shape index (κ1) is 7.80. The predicted molar refractivity (Wildman–Crippen MR) is 42.5 cm³/mol. The molecule has 0 saturated carbocycles. The van der Waals surface area contributed by atoms with E-state index in [1.165, 1.54) is 7.11 Å². The van der Waals surface area contributed by atoms with E-state index in [0.717, 1.165) is 6.42 Å². The highest BCUT2D eigenvalue weighted by Crippen LogP contribution is 2.42. The third-order valence-corrected chi connectivity index (χ3v) is 2.74. The Morgan fingerprint density at radius 3 is 2.83 bits per heavy atom. The average molecular weight is 168 g/mol. The van der Waals surface area contributed by atoms with Crippen LogP contribution in [-0.4, -0.2) is 24.8 Å². The molecule has 66 valence electrons. The number of methoxy groups -OCH3 is 1. The van der Waals surface area contributed by atoms with E-state index in [9.17, 15) is 4.79 Å². The molecule has 0 amide bonds. The molecule has 1 aliphatic carbocycles. The van der Waals surface area contributed by atoms with E-state index in [2.05, 4.69) is 0 Å². The lowest BCUT2D eigenvalue weighted by atomic mass is 9.91. The maximum Gasteiger partial charge on any atom is 0.338 e. The summed E-state index contributed by atoms with van der Waals surface area (Å²) >= 11 is 0. The second-order valence-electron chi connectivity index (χ2n) is 3.48. The van der Waals surface area contributed by atoms with E-state index >= 15 is 0 Å². The molecule has 2 aliphatic rings. The van der Waals surface area contributed by atoms with E-state index in [1.807, 2.05) is 12.2 Å². The molecule has 3 unspecified atom stereocenters. The van der Waals surface area contributed by atoms with Gasteiger partial charge >= 0.3 is 5.97 Å². The molecule has 1 fully saturated rings. The highest BCUT2D eigenvalue weighted by atomic mass is 16.6. The van der Waals surface area contributed by atoms with Crippen molar-refractivity contribution in [1.29, 1.82) is 0 Å². The first-order valence-electron chi connectivity index (χ1n) is 4.11. The van der Waals surface area contributed by atoms with E-state index in [-0.39, 0.29) is 18.0 Å². The Bertz CT molecular complexity index is 246. The number of fused-ring (bicyclic) bond motifs is 2. The Labute approximate surface area is 71.3 Å². The van der Waals surface area contributed by atoms with Gasteiger partial charge in [-0.25, -0.2) is 4.79 Å². The zero-order chi connectivity index (χ0) is 8.77. The zero-order valence-electron chi connectivity index (χ0n) is 7.24. The molecule has 2 bridgehead atoms. The molecule has 0 aromatic rings. The summed E-state index contributed by atoms with van der Waals surface area (Å²) in [5, 5.41) is 0. The Kier molecular flexibility index (Phi) is 1.51. The van der Waals surface area contributed by atoms with Crippen LogP contribution in [-0.2, 0) is 14.3 Å². The number of rotatable bonds is 1. The van der Waals surface area contributed by atoms with Crippen molar-refractivity contribution in [3.63, 3.8) is 0 Å². The first-order valence-corrected chi connectivity index (χ1v) is 4.11. The van der Waals surface area contributed by atoms with Crippen molar-refractivity contribution in [2.45, 2.75) is 25.0 Å². The maximum atomic E-state index is 11.3. The van der Waals surface area contributed by atoms with Crippen molar-refractivity contribution >= 4 is 5.97 Å². The van der Waals surface area contributed by atoms with E-state index in [4.69, 9.17) is 9.47 Å². The second kappa shape index (κ2) is 2.33. The van der Waals surface area contributed by atoms with E-state index in [1.54, 1.807) is 6.92 Å². The van der Waals surface area contributed by atoms with Crippen molar-refractivity contribution in [3.8, 4) is 0 Å². The van der Waals surface area contributed by atoms with Crippen molar-refractivity contribution < 1.29 is 14.3 Å². The smallest absolute Gasteiger partial charge is 0.338 e. The largest absolute Gasteiger partial charge is 0.467 e. The van der Waals surface area contributed by atoms with Crippen molar-refractivity contribution in [1.82, 2.24) is 0 Å². The number of hydrogen-bond donors (Lipinski definition) is 0. The number of ether oxygens (including phenoxy) is 2. The van der Waals surface area contributed by atoms with Crippen molar-refractivity contribution in [2.75, 3.05) is 7.11 Å². The molecule has 1 aliphatic heterocycles. The minimum atomic E-state index is -0.728. The molecule has 0 N–H and O–H groups in total. The number of esters is 1. The molecule has 3 heteroatoms. The summed E-state index contributed by atoms with van der Waals surface area (Å²) in [6.07, 6.45) is 5.10. The lowest BCUT2D eigenvalue weighted by Gasteiger charge is -2.27. The minimum Gasteiger partial charge on any atom is -0.467 e. The fourth-order valence-corrected chi connectivity index (χ4v) is 1.97. The van der Waals surface area contributed by atoms with Gasteiger partial charge in [-0.2, -0.15) is 0 Å². The first-order chi connectivity index (χ1) is 5.66. The van der Waals surface area contributed by atoms with Gasteiger partial charge in [0, 0.05) is 5.92 Å². The monoisotopic (exact) mass is 168 g/mol. The van der Waals surface area contributed by atoms with Gasteiger partial charge in [0.2, 0.25) is 0 Å². The number of hydrogen-bond acceptors (Lipinski definition) is 3. The molecule has 3 nitrogen and oxygen atoms in total. The molecular weight excluding hydrogens is 156 g/mol. The van der Waals surface area contributed by atoms with Gasteiger partial charge < -0.3 is 9.47 Å². The van der Waals surface area contributed by atoms with Crippen LogP contribution in [0.4, 0.5) is 0 Å². The predicted octanol–water partition coefficient (Wildman–Crippen LogP) is 0.893. The summed E-state index contributed by atoms with van der Waals surface area (Å²) in [6, 6.07) is 0. The molecule has 3 atom stereocenters. The molecule has 1 heterocycles. The fraction of sp³-hybridized carbons (Fsp3) is 0.667. The summed E-state index contributed by atoms with van der Waals surface area (Å²) in [5.74, 6) is -0.0608. The average Bonchev–Trinajstić information content (AvgIpc) is 2.62. The summed E-state index contributed by atoms with van der Waals surface area (Å²) in [7, 11) is 1.40. The van der Waals surface area contributed by atoms with Crippen LogP contribution >= 0.6 is 0 Å². The lowest BCUT2D eigenvalue weighted by Crippen LogP contribution is -2.42. The number of carbonyl (C=O) groups excluding carboxylic acids is 1. The van der Waals surface area contributed by atoms with Crippen molar-refractivity contribution in [2.24, 2.45) is 5.92 Å². The fourth-order valence-electron chi connectivity index (χ4n) is 1.97. The topological polar surface area (TPSA) is 35.5 Å². The molecule has 2 rings (SSSR count). The molecular formula is C9H12O3. The molecule has 1 saturated heterocycles. The van der Waals surface area contributed by atoms with Gasteiger partial charge in [-0.3, -0.25) is 0 Å². The van der Waals surface area contributed by atoms with Gasteiger partial charge in [0.05, 0.1) is 13.2 Å². The Morgan fingerprint density at radius 2 is 2.42 bits per heavy atom. The highest BCUT2D eigenvalue weighted by molar-refractivity contribution is 5.80. The quantitative estimate of drug-likeness (QED) is 0.431. The SMILES string of the molecule is COC(=O)C1(C)OC2C=CC1C2. The third kappa shape index (κ3) is 0.829. The normalized spacial score (nSPS) is 43.5. The standard InChI is InChI=1S/C9H12O3/c1-9(8(10)11-2)6-3-4-7(5-6)12-9/h3-4,6-7H,5H2,1-2H3. The van der Waals surface area contributed by atoms with Crippen LogP contribution in [0, 0.1) is 5.92 Å². The molecule has 0 aromatic heterocycles. The maximum absolute atomic E-state index is 11.3. The van der Waals surface area contributed by atoms with Crippen LogP contribution < -0.4 is 0 Å². The molecule has 12 heavy (non-hydrogen) atoms. The molecule has 0 radical (unpaired) electrons. The summed E-state index contributed by atoms with van der Waals surface area (Å²) < 4.78 is 10.2. The van der Waals surface area contributed by atoms with Crippen molar-refractivity contribution in [3.05, 3.63) is 12.2 Å². The Morgan fingerprint density at radius 1 is 1.67 bits per heavy atom. The molecule has 0 spiro atoms. The second-order valence-corrected chi connectivity index (χ2v) is 3.48. The summed E-state index contributed by atoms with van der Waals surface area (Å²) in [5.41, 5.74) is -0.728. The van der Waals surface area contributed by atoms with E-state index < -0.39 is 5.60 Å². The molecule has 0 aromatic carbocycles.